The van der Waals surface area contributed by atoms with Gasteiger partial charge in [0.25, 0.3) is 0 Å². The number of halogens is 1. The maximum Gasteiger partial charge on any atom is 0.241 e. The van der Waals surface area contributed by atoms with Crippen molar-refractivity contribution in [3.05, 3.63) is 22.2 Å². The van der Waals surface area contributed by atoms with Gasteiger partial charge in [-0.15, -0.1) is 0 Å². The Hall–Kier alpha value is -0.630. The Balaban J connectivity index is 2.98. The summed E-state index contributed by atoms with van der Waals surface area (Å²) in [4.78, 5) is 0.184. The molecule has 1 unspecified atom stereocenters. The van der Waals surface area contributed by atoms with Gasteiger partial charge >= 0.3 is 0 Å². The molecule has 0 amide bonds. The highest BCUT2D eigenvalue weighted by molar-refractivity contribution is 9.10. The highest BCUT2D eigenvalue weighted by Gasteiger charge is 2.20. The molecule has 1 atom stereocenters. The fraction of sp³-hybridized carbons (Fsp3) is 0.500. The molecule has 0 aromatic heterocycles. The summed E-state index contributed by atoms with van der Waals surface area (Å²) in [6.07, 6.45) is 1.14. The van der Waals surface area contributed by atoms with Crippen molar-refractivity contribution in [2.45, 2.75) is 37.6 Å². The lowest BCUT2D eigenvalue weighted by Gasteiger charge is -2.15. The molecule has 0 spiro atoms. The van der Waals surface area contributed by atoms with E-state index in [1.807, 2.05) is 0 Å². The van der Waals surface area contributed by atoms with E-state index >= 15 is 0 Å². The summed E-state index contributed by atoms with van der Waals surface area (Å²) in [5, 5.41) is 8.74. The molecule has 1 aromatic rings. The van der Waals surface area contributed by atoms with Crippen molar-refractivity contribution in [2.24, 2.45) is 0 Å². The number of hydrogen-bond donors (Lipinski definition) is 3. The topological polar surface area (TPSA) is 92.4 Å². The van der Waals surface area contributed by atoms with Gasteiger partial charge < -0.3 is 10.8 Å². The molecular formula is C12H19BrN2O3S. The predicted molar refractivity (Wildman–Crippen MR) is 79.4 cm³/mol. The zero-order chi connectivity index (χ0) is 14.6. The van der Waals surface area contributed by atoms with Crippen molar-refractivity contribution in [1.29, 1.82) is 0 Å². The van der Waals surface area contributed by atoms with Gasteiger partial charge in [0.15, 0.2) is 0 Å². The minimum Gasteiger partial charge on any atom is -0.398 e. The Labute approximate surface area is 122 Å². The number of aryl methyl sites for hydroxylation is 1. The van der Waals surface area contributed by atoms with Crippen molar-refractivity contribution in [3.8, 4) is 0 Å². The van der Waals surface area contributed by atoms with Gasteiger partial charge in [0, 0.05) is 22.8 Å². The van der Waals surface area contributed by atoms with E-state index in [1.165, 1.54) is 6.07 Å². The lowest BCUT2D eigenvalue weighted by molar-refractivity contribution is 0.279. The number of nitrogens with two attached hydrogens (primary N) is 1. The number of anilines is 1. The molecule has 19 heavy (non-hydrogen) atoms. The Kier molecular flexibility index (Phi) is 5.79. The van der Waals surface area contributed by atoms with Gasteiger partial charge in [-0.05, 0) is 60.3 Å². The minimum absolute atomic E-state index is 0.0519. The van der Waals surface area contributed by atoms with Crippen molar-refractivity contribution >= 4 is 31.6 Å². The maximum absolute atomic E-state index is 12.2. The first kappa shape index (κ1) is 16.4. The first-order valence-electron chi connectivity index (χ1n) is 5.96. The molecule has 0 radical (unpaired) electrons. The van der Waals surface area contributed by atoms with Crippen LogP contribution in [0.15, 0.2) is 21.5 Å². The molecule has 1 rings (SSSR count). The SMILES string of the molecule is Cc1cc(Br)c(N)cc1S(=O)(=O)NC(C)CCCO. The van der Waals surface area contributed by atoms with Gasteiger partial charge in [-0.2, -0.15) is 0 Å². The number of rotatable bonds is 6. The third-order valence-electron chi connectivity index (χ3n) is 2.74. The van der Waals surface area contributed by atoms with Crippen LogP contribution in [0.4, 0.5) is 5.69 Å². The molecule has 0 saturated carbocycles. The van der Waals surface area contributed by atoms with Gasteiger partial charge in [0.2, 0.25) is 10.0 Å². The molecular weight excluding hydrogens is 332 g/mol. The average Bonchev–Trinajstić information content (AvgIpc) is 2.30. The second kappa shape index (κ2) is 6.69. The molecule has 7 heteroatoms. The fourth-order valence-electron chi connectivity index (χ4n) is 1.74. The van der Waals surface area contributed by atoms with E-state index in [1.54, 1.807) is 19.9 Å². The van der Waals surface area contributed by atoms with Crippen LogP contribution in [0, 0.1) is 6.92 Å². The number of aliphatic hydroxyl groups excluding tert-OH is 1. The second-order valence-corrected chi connectivity index (χ2v) is 7.06. The molecule has 4 N–H and O–H groups in total. The summed E-state index contributed by atoms with van der Waals surface area (Å²) in [6.45, 7) is 3.54. The molecule has 0 aliphatic carbocycles. The van der Waals surface area contributed by atoms with E-state index in [0.29, 0.717) is 28.6 Å². The van der Waals surface area contributed by atoms with Crippen LogP contribution in [0.5, 0.6) is 0 Å². The lowest BCUT2D eigenvalue weighted by Crippen LogP contribution is -2.33. The zero-order valence-corrected chi connectivity index (χ0v) is 13.4. The van der Waals surface area contributed by atoms with Crippen molar-refractivity contribution in [1.82, 2.24) is 4.72 Å². The van der Waals surface area contributed by atoms with Crippen LogP contribution in [0.1, 0.15) is 25.3 Å². The quantitative estimate of drug-likeness (QED) is 0.681. The van der Waals surface area contributed by atoms with Crippen molar-refractivity contribution in [2.75, 3.05) is 12.3 Å². The summed E-state index contributed by atoms with van der Waals surface area (Å²) in [5.41, 5.74) is 6.74. The first-order chi connectivity index (χ1) is 8.77. The summed E-state index contributed by atoms with van der Waals surface area (Å²) in [6, 6.07) is 2.89. The Morgan fingerprint density at radius 2 is 2.11 bits per heavy atom. The number of hydrogen-bond acceptors (Lipinski definition) is 4. The maximum atomic E-state index is 12.2. The molecule has 0 aliphatic heterocycles. The van der Waals surface area contributed by atoms with Crippen LogP contribution in [0.2, 0.25) is 0 Å². The highest BCUT2D eigenvalue weighted by Crippen LogP contribution is 2.26. The van der Waals surface area contributed by atoms with Gasteiger partial charge in [0.05, 0.1) is 4.90 Å². The molecule has 0 saturated heterocycles. The van der Waals surface area contributed by atoms with Gasteiger partial charge in [0.1, 0.15) is 0 Å². The second-order valence-electron chi connectivity index (χ2n) is 4.53. The smallest absolute Gasteiger partial charge is 0.241 e. The predicted octanol–water partition coefficient (Wildman–Crippen LogP) is 1.78. The summed E-state index contributed by atoms with van der Waals surface area (Å²) >= 11 is 3.26. The van der Waals surface area contributed by atoms with Crippen LogP contribution in [0.25, 0.3) is 0 Å². The molecule has 0 aliphatic rings. The van der Waals surface area contributed by atoms with Crippen LogP contribution in [-0.2, 0) is 10.0 Å². The van der Waals surface area contributed by atoms with Crippen molar-refractivity contribution in [3.63, 3.8) is 0 Å². The van der Waals surface area contributed by atoms with Gasteiger partial charge in [-0.3, -0.25) is 0 Å². The van der Waals surface area contributed by atoms with E-state index in [2.05, 4.69) is 20.7 Å². The van der Waals surface area contributed by atoms with Crippen LogP contribution in [-0.4, -0.2) is 26.2 Å². The molecule has 108 valence electrons. The number of nitrogen functional groups attached to an aromatic ring is 1. The average molecular weight is 351 g/mol. The Morgan fingerprint density at radius 3 is 2.68 bits per heavy atom. The molecule has 1 aromatic carbocycles. The van der Waals surface area contributed by atoms with Crippen LogP contribution >= 0.6 is 15.9 Å². The summed E-state index contributed by atoms with van der Waals surface area (Å²) in [5.74, 6) is 0. The Morgan fingerprint density at radius 1 is 1.47 bits per heavy atom. The highest BCUT2D eigenvalue weighted by atomic mass is 79.9. The zero-order valence-electron chi connectivity index (χ0n) is 11.0. The summed E-state index contributed by atoms with van der Waals surface area (Å²) < 4.78 is 27.8. The lowest BCUT2D eigenvalue weighted by atomic mass is 10.2. The van der Waals surface area contributed by atoms with E-state index < -0.39 is 10.0 Å². The molecule has 0 heterocycles. The third-order valence-corrected chi connectivity index (χ3v) is 5.15. The van der Waals surface area contributed by atoms with Crippen LogP contribution in [0.3, 0.4) is 0 Å². The summed E-state index contributed by atoms with van der Waals surface area (Å²) in [7, 11) is -3.59. The van der Waals surface area contributed by atoms with Crippen LogP contribution < -0.4 is 10.5 Å². The van der Waals surface area contributed by atoms with E-state index in [4.69, 9.17) is 10.8 Å². The largest absolute Gasteiger partial charge is 0.398 e. The van der Waals surface area contributed by atoms with Gasteiger partial charge in [-0.1, -0.05) is 0 Å². The third kappa shape index (κ3) is 4.45. The molecule has 5 nitrogen and oxygen atoms in total. The van der Waals surface area contributed by atoms with E-state index in [9.17, 15) is 8.42 Å². The van der Waals surface area contributed by atoms with Crippen molar-refractivity contribution < 1.29 is 13.5 Å². The van der Waals surface area contributed by atoms with E-state index in [-0.39, 0.29) is 17.5 Å². The van der Waals surface area contributed by atoms with Gasteiger partial charge in [-0.25, -0.2) is 13.1 Å². The Bertz CT molecular complexity index is 546. The van der Waals surface area contributed by atoms with E-state index in [0.717, 1.165) is 0 Å². The minimum atomic E-state index is -3.59. The standard InChI is InChI=1S/C12H19BrN2O3S/c1-8-6-10(13)11(14)7-12(8)19(17,18)15-9(2)4-3-5-16/h6-7,9,15-16H,3-5,14H2,1-2H3. The monoisotopic (exact) mass is 350 g/mol. The number of aliphatic hydroxyl groups is 1. The number of benzene rings is 1. The number of sulfonamides is 1. The number of nitrogens with one attached hydrogen (secondary N) is 1. The molecule has 0 fully saturated rings. The normalized spacial score (nSPS) is 13.5. The molecule has 0 bridgehead atoms. The first-order valence-corrected chi connectivity index (χ1v) is 8.24. The fourth-order valence-corrected chi connectivity index (χ4v) is 3.74.